The van der Waals surface area contributed by atoms with Crippen molar-refractivity contribution in [3.05, 3.63) is 48.0 Å². The van der Waals surface area contributed by atoms with Crippen LogP contribution in [0.15, 0.2) is 42.5 Å². The van der Waals surface area contributed by atoms with Crippen LogP contribution in [0.5, 0.6) is 5.75 Å². The van der Waals surface area contributed by atoms with Crippen LogP contribution in [-0.4, -0.2) is 32.1 Å². The number of benzene rings is 2. The van der Waals surface area contributed by atoms with Crippen LogP contribution in [0.25, 0.3) is 11.1 Å². The third-order valence-electron chi connectivity index (χ3n) is 3.89. The number of hydrogen-bond donors (Lipinski definition) is 2. The van der Waals surface area contributed by atoms with Crippen LogP contribution in [0.4, 0.5) is 5.69 Å². The van der Waals surface area contributed by atoms with E-state index in [9.17, 15) is 9.59 Å². The first-order valence-electron chi connectivity index (χ1n) is 7.92. The number of amides is 1. The van der Waals surface area contributed by atoms with Gasteiger partial charge in [0.25, 0.3) is 5.91 Å². The number of nitrogens with two attached hydrogens (primary N) is 1. The maximum atomic E-state index is 12.5. The van der Waals surface area contributed by atoms with Gasteiger partial charge in [0.1, 0.15) is 11.8 Å². The number of carbonyl (C=O) groups is 2. The monoisotopic (exact) mass is 342 g/mol. The van der Waals surface area contributed by atoms with E-state index in [0.717, 1.165) is 11.1 Å². The number of anilines is 1. The summed E-state index contributed by atoms with van der Waals surface area (Å²) >= 11 is 0. The topological polar surface area (TPSA) is 90.7 Å². The second-order valence-corrected chi connectivity index (χ2v) is 5.49. The van der Waals surface area contributed by atoms with Crippen molar-refractivity contribution in [1.29, 1.82) is 0 Å². The van der Waals surface area contributed by atoms with Crippen molar-refractivity contribution in [2.24, 2.45) is 0 Å². The Morgan fingerprint density at radius 2 is 1.72 bits per heavy atom. The summed E-state index contributed by atoms with van der Waals surface area (Å²) in [6.45, 7) is 1.79. The van der Waals surface area contributed by atoms with E-state index in [2.05, 4.69) is 10.1 Å². The molecule has 0 heterocycles. The molecule has 0 spiro atoms. The van der Waals surface area contributed by atoms with Gasteiger partial charge >= 0.3 is 5.97 Å². The third kappa shape index (κ3) is 4.29. The molecule has 6 nitrogen and oxygen atoms in total. The fourth-order valence-electron chi connectivity index (χ4n) is 2.44. The van der Waals surface area contributed by atoms with E-state index in [1.807, 2.05) is 30.3 Å². The van der Waals surface area contributed by atoms with Gasteiger partial charge in [-0.1, -0.05) is 25.1 Å². The summed E-state index contributed by atoms with van der Waals surface area (Å²) in [5, 5.41) is 2.67. The molecule has 0 aromatic heterocycles. The van der Waals surface area contributed by atoms with Crippen LogP contribution in [0.1, 0.15) is 23.7 Å². The summed E-state index contributed by atoms with van der Waals surface area (Å²) < 4.78 is 10.0. The van der Waals surface area contributed by atoms with Gasteiger partial charge in [-0.25, -0.2) is 4.79 Å². The zero-order valence-electron chi connectivity index (χ0n) is 14.5. The summed E-state index contributed by atoms with van der Waals surface area (Å²) in [6.07, 6.45) is 0.435. The average Bonchev–Trinajstić information content (AvgIpc) is 2.65. The number of nitrogen functional groups attached to an aromatic ring is 1. The Bertz CT molecular complexity index is 757. The van der Waals surface area contributed by atoms with E-state index in [1.54, 1.807) is 19.1 Å². The fraction of sp³-hybridized carbons (Fsp3) is 0.263. The Kier molecular flexibility index (Phi) is 6.00. The largest absolute Gasteiger partial charge is 0.496 e. The van der Waals surface area contributed by atoms with Crippen LogP contribution in [-0.2, 0) is 9.53 Å². The predicted octanol–water partition coefficient (Wildman–Crippen LogP) is 2.63. The van der Waals surface area contributed by atoms with E-state index in [0.29, 0.717) is 23.4 Å². The number of hydrogen-bond acceptors (Lipinski definition) is 5. The van der Waals surface area contributed by atoms with Gasteiger partial charge in [-0.05, 0) is 41.8 Å². The predicted molar refractivity (Wildman–Crippen MR) is 96.4 cm³/mol. The number of methoxy groups -OCH3 is 2. The van der Waals surface area contributed by atoms with Crippen molar-refractivity contribution < 1.29 is 19.1 Å². The third-order valence-corrected chi connectivity index (χ3v) is 3.89. The molecule has 0 aliphatic heterocycles. The minimum absolute atomic E-state index is 0.351. The second kappa shape index (κ2) is 8.19. The first kappa shape index (κ1) is 18.3. The van der Waals surface area contributed by atoms with Crippen LogP contribution < -0.4 is 15.8 Å². The molecular weight excluding hydrogens is 320 g/mol. The van der Waals surface area contributed by atoms with Crippen molar-refractivity contribution in [3.63, 3.8) is 0 Å². The molecule has 0 aliphatic rings. The lowest BCUT2D eigenvalue weighted by atomic mass is 10.0. The maximum absolute atomic E-state index is 12.5. The molecule has 0 unspecified atom stereocenters. The van der Waals surface area contributed by atoms with Gasteiger partial charge in [0, 0.05) is 5.69 Å². The van der Waals surface area contributed by atoms with Gasteiger partial charge in [0.05, 0.1) is 19.8 Å². The molecule has 0 saturated heterocycles. The molecule has 0 bridgehead atoms. The van der Waals surface area contributed by atoms with Gasteiger partial charge in [-0.2, -0.15) is 0 Å². The normalized spacial score (nSPS) is 11.5. The Morgan fingerprint density at radius 3 is 2.28 bits per heavy atom. The first-order chi connectivity index (χ1) is 12.0. The molecule has 0 saturated carbocycles. The summed E-state index contributed by atoms with van der Waals surface area (Å²) in [5.74, 6) is -0.446. The van der Waals surface area contributed by atoms with Gasteiger partial charge in [0.2, 0.25) is 0 Å². The van der Waals surface area contributed by atoms with Gasteiger partial charge in [-0.3, -0.25) is 4.79 Å². The lowest BCUT2D eigenvalue weighted by Gasteiger charge is -2.16. The standard InChI is InChI=1S/C19H22N2O4/c1-4-16(19(23)25-3)21-18(22)15-10-7-13(11-17(15)24-2)12-5-8-14(20)9-6-12/h5-11,16H,4,20H2,1-3H3,(H,21,22)/t16-/m0/s1. The highest BCUT2D eigenvalue weighted by Crippen LogP contribution is 2.28. The molecular formula is C19H22N2O4. The zero-order chi connectivity index (χ0) is 18.4. The van der Waals surface area contributed by atoms with Crippen LogP contribution in [0.2, 0.25) is 0 Å². The molecule has 1 atom stereocenters. The van der Waals surface area contributed by atoms with Crippen molar-refractivity contribution >= 4 is 17.6 Å². The summed E-state index contributed by atoms with van der Waals surface area (Å²) in [5.41, 5.74) is 8.59. The van der Waals surface area contributed by atoms with Gasteiger partial charge < -0.3 is 20.5 Å². The average molecular weight is 342 g/mol. The zero-order valence-corrected chi connectivity index (χ0v) is 14.5. The van der Waals surface area contributed by atoms with Crippen LogP contribution in [0.3, 0.4) is 0 Å². The molecule has 2 rings (SSSR count). The lowest BCUT2D eigenvalue weighted by molar-refractivity contribution is -0.142. The summed E-state index contributed by atoms with van der Waals surface area (Å²) in [6, 6.07) is 12.0. The molecule has 1 amide bonds. The van der Waals surface area contributed by atoms with E-state index in [1.165, 1.54) is 14.2 Å². The smallest absolute Gasteiger partial charge is 0.328 e. The van der Waals surface area contributed by atoms with Gasteiger partial charge in [0.15, 0.2) is 0 Å². The Balaban J connectivity index is 2.28. The second-order valence-electron chi connectivity index (χ2n) is 5.49. The molecule has 0 fully saturated rings. The number of ether oxygens (including phenoxy) is 2. The molecule has 25 heavy (non-hydrogen) atoms. The quantitative estimate of drug-likeness (QED) is 0.622. The van der Waals surface area contributed by atoms with Crippen LogP contribution >= 0.6 is 0 Å². The highest BCUT2D eigenvalue weighted by atomic mass is 16.5. The minimum atomic E-state index is -0.695. The number of esters is 1. The summed E-state index contributed by atoms with van der Waals surface area (Å²) in [4.78, 5) is 24.1. The first-order valence-corrected chi connectivity index (χ1v) is 7.92. The highest BCUT2D eigenvalue weighted by Gasteiger charge is 2.22. The number of nitrogens with one attached hydrogen (secondary N) is 1. The Hall–Kier alpha value is -3.02. The molecule has 132 valence electrons. The van der Waals surface area contributed by atoms with Crippen molar-refractivity contribution in [1.82, 2.24) is 5.32 Å². The fourth-order valence-corrected chi connectivity index (χ4v) is 2.44. The lowest BCUT2D eigenvalue weighted by Crippen LogP contribution is -2.41. The van der Waals surface area contributed by atoms with E-state index in [-0.39, 0.29) is 0 Å². The van der Waals surface area contributed by atoms with E-state index >= 15 is 0 Å². The Labute approximate surface area is 146 Å². The molecule has 6 heteroatoms. The minimum Gasteiger partial charge on any atom is -0.496 e. The van der Waals surface area contributed by atoms with Gasteiger partial charge in [-0.15, -0.1) is 0 Å². The molecule has 0 radical (unpaired) electrons. The van der Waals surface area contributed by atoms with E-state index < -0.39 is 17.9 Å². The number of rotatable bonds is 6. The maximum Gasteiger partial charge on any atom is 0.328 e. The highest BCUT2D eigenvalue weighted by molar-refractivity contribution is 5.99. The Morgan fingerprint density at radius 1 is 1.08 bits per heavy atom. The molecule has 2 aromatic rings. The SMILES string of the molecule is CC[C@H](NC(=O)c1ccc(-c2ccc(N)cc2)cc1OC)C(=O)OC. The van der Waals surface area contributed by atoms with Crippen molar-refractivity contribution in [3.8, 4) is 16.9 Å². The van der Waals surface area contributed by atoms with Crippen molar-refractivity contribution in [2.75, 3.05) is 20.0 Å². The molecule has 3 N–H and O–H groups in total. The molecule has 0 aliphatic carbocycles. The van der Waals surface area contributed by atoms with Crippen LogP contribution in [0, 0.1) is 0 Å². The summed E-state index contributed by atoms with van der Waals surface area (Å²) in [7, 11) is 2.79. The van der Waals surface area contributed by atoms with Crippen molar-refractivity contribution in [2.45, 2.75) is 19.4 Å². The van der Waals surface area contributed by atoms with E-state index in [4.69, 9.17) is 10.5 Å². The number of carbonyl (C=O) groups excluding carboxylic acids is 2. The molecule has 2 aromatic carbocycles.